The van der Waals surface area contributed by atoms with Gasteiger partial charge in [0.05, 0.1) is 28.2 Å². The molecule has 56 valence electrons. The molecule has 0 aliphatic heterocycles. The number of rotatable bonds is 0. The van der Waals surface area contributed by atoms with Gasteiger partial charge in [-0.15, -0.1) is 0 Å². The fraction of sp³-hybridized carbons (Fsp3) is 0.800. The lowest BCUT2D eigenvalue weighted by molar-refractivity contribution is -0.849. The number of hydrogen-bond acceptors (Lipinski definition) is 1. The first-order valence-corrected chi connectivity index (χ1v) is 2.44. The number of nitrogens with zero attached hydrogens (tertiary/aromatic N) is 1. The molecule has 0 aliphatic carbocycles. The van der Waals surface area contributed by atoms with E-state index in [1.165, 1.54) is 0 Å². The molecule has 0 fully saturated rings. The van der Waals surface area contributed by atoms with Gasteiger partial charge in [-0.1, -0.05) is 0 Å². The Kier molecular flexibility index (Phi) is 5.10. The van der Waals surface area contributed by atoms with Gasteiger partial charge in [-0.25, -0.2) is 4.79 Å². The van der Waals surface area contributed by atoms with E-state index in [9.17, 15) is 0 Å². The maximum atomic E-state index is 8.56. The SMILES string of the molecule is C[N+](C)(C)C.O=C(O)O.[H+]. The van der Waals surface area contributed by atoms with E-state index in [1.54, 1.807) is 0 Å². The van der Waals surface area contributed by atoms with Crippen molar-refractivity contribution in [2.24, 2.45) is 0 Å². The van der Waals surface area contributed by atoms with Gasteiger partial charge in [-0.05, 0) is 0 Å². The van der Waals surface area contributed by atoms with Crippen LogP contribution in [0.2, 0.25) is 0 Å². The standard InChI is InChI=1S/C4H12N.CH2O3/c1-5(2,3)4;2-1(3)4/h1-4H3;(H2,2,3,4)/q+1;/p+1. The van der Waals surface area contributed by atoms with E-state index < -0.39 is 6.16 Å². The van der Waals surface area contributed by atoms with E-state index in [-0.39, 0.29) is 1.43 Å². The second-order valence-corrected chi connectivity index (χ2v) is 2.97. The maximum Gasteiger partial charge on any atom is 1.00 e. The second kappa shape index (κ2) is 4.14. The summed E-state index contributed by atoms with van der Waals surface area (Å²) in [6.07, 6.45) is -1.83. The van der Waals surface area contributed by atoms with Crippen LogP contribution in [0.3, 0.4) is 0 Å². The molecule has 0 aliphatic rings. The summed E-state index contributed by atoms with van der Waals surface area (Å²) < 4.78 is 1.00. The van der Waals surface area contributed by atoms with Gasteiger partial charge in [0.15, 0.2) is 0 Å². The average Bonchev–Trinajstić information content (AvgIpc) is 1.19. The Morgan fingerprint density at radius 1 is 1.22 bits per heavy atom. The van der Waals surface area contributed by atoms with E-state index in [1.807, 2.05) is 0 Å². The first-order valence-electron chi connectivity index (χ1n) is 2.44. The molecular formula is C5H15NO3+2. The van der Waals surface area contributed by atoms with Crippen LogP contribution in [0.1, 0.15) is 1.43 Å². The molecule has 2 N–H and O–H groups in total. The zero-order chi connectivity index (χ0) is 8.08. The van der Waals surface area contributed by atoms with Crippen LogP contribution in [0.25, 0.3) is 0 Å². The minimum Gasteiger partial charge on any atom is -0.450 e. The van der Waals surface area contributed by atoms with E-state index in [2.05, 4.69) is 28.2 Å². The summed E-state index contributed by atoms with van der Waals surface area (Å²) in [6.45, 7) is 0. The van der Waals surface area contributed by atoms with Crippen LogP contribution >= 0.6 is 0 Å². The fourth-order valence-corrected chi connectivity index (χ4v) is 0. The molecule has 0 saturated carbocycles. The number of carbonyl (C=O) groups is 1. The summed E-state index contributed by atoms with van der Waals surface area (Å²) in [7, 11) is 8.50. The lowest BCUT2D eigenvalue weighted by atomic mass is 10.8. The maximum absolute atomic E-state index is 8.56. The molecule has 9 heavy (non-hydrogen) atoms. The molecule has 4 heteroatoms. The third-order valence-electron chi connectivity index (χ3n) is 0. The van der Waals surface area contributed by atoms with Crippen molar-refractivity contribution in [3.05, 3.63) is 0 Å². The summed E-state index contributed by atoms with van der Waals surface area (Å²) in [5, 5.41) is 13.9. The third-order valence-corrected chi connectivity index (χ3v) is 0. The van der Waals surface area contributed by atoms with Crippen LogP contribution in [0.4, 0.5) is 4.79 Å². The normalized spacial score (nSPS) is 9.33. The highest BCUT2D eigenvalue weighted by atomic mass is 16.6. The van der Waals surface area contributed by atoms with Crippen LogP contribution < -0.4 is 0 Å². The van der Waals surface area contributed by atoms with Crippen LogP contribution in [-0.4, -0.2) is 49.0 Å². The molecule has 0 atom stereocenters. The van der Waals surface area contributed by atoms with Crippen LogP contribution in [-0.2, 0) is 0 Å². The van der Waals surface area contributed by atoms with Crippen molar-refractivity contribution in [2.45, 2.75) is 0 Å². The molecule has 0 saturated heterocycles. The summed E-state index contributed by atoms with van der Waals surface area (Å²) in [5.74, 6) is 0. The van der Waals surface area contributed by atoms with Gasteiger partial charge < -0.3 is 14.7 Å². The Morgan fingerprint density at radius 3 is 1.22 bits per heavy atom. The summed E-state index contributed by atoms with van der Waals surface area (Å²) in [4.78, 5) is 8.56. The first kappa shape index (κ1) is 11.1. The Balaban J connectivity index is -0.0000000910. The van der Waals surface area contributed by atoms with Crippen LogP contribution in [0.5, 0.6) is 0 Å². The number of hydrogen-bond donors (Lipinski definition) is 2. The smallest absolute Gasteiger partial charge is 0.450 e. The van der Waals surface area contributed by atoms with E-state index >= 15 is 0 Å². The molecular weight excluding hydrogens is 122 g/mol. The summed E-state index contributed by atoms with van der Waals surface area (Å²) >= 11 is 0. The third kappa shape index (κ3) is 334. The van der Waals surface area contributed by atoms with E-state index in [4.69, 9.17) is 15.0 Å². The predicted molar refractivity (Wildman–Crippen MR) is 35.7 cm³/mol. The summed E-state index contributed by atoms with van der Waals surface area (Å²) in [5.41, 5.74) is 0. The highest BCUT2D eigenvalue weighted by molar-refractivity contribution is 5.53. The van der Waals surface area contributed by atoms with Gasteiger partial charge in [0.2, 0.25) is 0 Å². The Labute approximate surface area is 56.4 Å². The van der Waals surface area contributed by atoms with Crippen molar-refractivity contribution in [1.29, 1.82) is 0 Å². The molecule has 0 unspecified atom stereocenters. The van der Waals surface area contributed by atoms with Gasteiger partial charge in [-0.2, -0.15) is 0 Å². The predicted octanol–water partition coefficient (Wildman–Crippen LogP) is 0.657. The molecule has 0 bridgehead atoms. The molecule has 0 aromatic carbocycles. The Morgan fingerprint density at radius 2 is 1.22 bits per heavy atom. The van der Waals surface area contributed by atoms with Gasteiger partial charge in [0, 0.05) is 0 Å². The van der Waals surface area contributed by atoms with Gasteiger partial charge in [0.25, 0.3) is 0 Å². The molecule has 0 spiro atoms. The van der Waals surface area contributed by atoms with Crippen LogP contribution in [0, 0.1) is 0 Å². The Bertz CT molecular complexity index is 79.4. The van der Waals surface area contributed by atoms with Crippen molar-refractivity contribution >= 4 is 6.16 Å². The molecule has 0 radical (unpaired) electrons. The fourth-order valence-electron chi connectivity index (χ4n) is 0. The van der Waals surface area contributed by atoms with Crippen molar-refractivity contribution in [2.75, 3.05) is 28.2 Å². The quantitative estimate of drug-likeness (QED) is 0.482. The van der Waals surface area contributed by atoms with Crippen LogP contribution in [0.15, 0.2) is 0 Å². The molecule has 0 rings (SSSR count). The van der Waals surface area contributed by atoms with Gasteiger partial charge in [-0.3, -0.25) is 0 Å². The topological polar surface area (TPSA) is 57.5 Å². The highest BCUT2D eigenvalue weighted by Gasteiger charge is 1.88. The first-order chi connectivity index (χ1) is 3.73. The summed E-state index contributed by atoms with van der Waals surface area (Å²) in [6, 6.07) is 0. The lowest BCUT2D eigenvalue weighted by Gasteiger charge is -2.14. The zero-order valence-electron chi connectivity index (χ0n) is 7.25. The average molecular weight is 137 g/mol. The van der Waals surface area contributed by atoms with Crippen molar-refractivity contribution < 1.29 is 20.9 Å². The van der Waals surface area contributed by atoms with E-state index in [0.717, 1.165) is 4.48 Å². The lowest BCUT2D eigenvalue weighted by Crippen LogP contribution is -2.27. The highest BCUT2D eigenvalue weighted by Crippen LogP contribution is 1.73. The zero-order valence-corrected chi connectivity index (χ0v) is 6.25. The van der Waals surface area contributed by atoms with Crippen molar-refractivity contribution in [1.82, 2.24) is 0 Å². The molecule has 4 nitrogen and oxygen atoms in total. The molecule has 0 heterocycles. The molecule has 0 aromatic heterocycles. The molecule has 0 aromatic rings. The monoisotopic (exact) mass is 137 g/mol. The minimum absolute atomic E-state index is 0. The number of carboxylic acid groups (broad SMARTS) is 2. The number of quaternary nitrogens is 1. The van der Waals surface area contributed by atoms with Crippen molar-refractivity contribution in [3.8, 4) is 0 Å². The van der Waals surface area contributed by atoms with E-state index in [0.29, 0.717) is 0 Å². The Hall–Kier alpha value is -0.770. The largest absolute Gasteiger partial charge is 1.00 e. The van der Waals surface area contributed by atoms with Gasteiger partial charge >= 0.3 is 7.58 Å². The molecule has 0 amide bonds. The van der Waals surface area contributed by atoms with Crippen molar-refractivity contribution in [3.63, 3.8) is 0 Å². The second-order valence-electron chi connectivity index (χ2n) is 2.97. The minimum atomic E-state index is -1.83. The van der Waals surface area contributed by atoms with Gasteiger partial charge in [0.1, 0.15) is 0 Å².